The Morgan fingerprint density at radius 2 is 1.90 bits per heavy atom. The number of fused-ring (bicyclic) bond motifs is 1. The molecule has 0 radical (unpaired) electrons. The molecule has 3 saturated heterocycles. The predicted molar refractivity (Wildman–Crippen MR) is 146 cm³/mol. The zero-order valence-electron chi connectivity index (χ0n) is 22.7. The number of hydrogen-bond donors (Lipinski definition) is 1. The number of aryl methyl sites for hydroxylation is 1. The number of piperidine rings is 1. The maximum atomic E-state index is 15.2. The van der Waals surface area contributed by atoms with Crippen LogP contribution < -0.4 is 4.90 Å². The van der Waals surface area contributed by atoms with Gasteiger partial charge in [-0.3, -0.25) is 0 Å². The second-order valence-electron chi connectivity index (χ2n) is 11.6. The molecule has 3 aromatic rings. The van der Waals surface area contributed by atoms with E-state index in [1.54, 1.807) is 0 Å². The van der Waals surface area contributed by atoms with Gasteiger partial charge < -0.3 is 24.4 Å². The number of benzene rings is 1. The molecule has 1 N–H and O–H groups in total. The molecule has 1 amide bonds. The molecule has 5 heterocycles. The van der Waals surface area contributed by atoms with E-state index in [9.17, 15) is 9.90 Å². The zero-order valence-corrected chi connectivity index (χ0v) is 22.7. The van der Waals surface area contributed by atoms with Crippen LogP contribution in [0.4, 0.5) is 15.0 Å². The number of likely N-dealkylation sites (tertiary alicyclic amines) is 1. The number of aromatic nitrogens is 4. The van der Waals surface area contributed by atoms with Crippen molar-refractivity contribution in [2.45, 2.75) is 75.9 Å². The summed E-state index contributed by atoms with van der Waals surface area (Å²) in [5, 5.41) is 14.9. The highest BCUT2D eigenvalue weighted by Gasteiger charge is 2.35. The first-order valence-corrected chi connectivity index (χ1v) is 14.4. The number of halogens is 1. The average Bonchev–Trinajstić information content (AvgIpc) is 3.71. The third kappa shape index (κ3) is 4.89. The lowest BCUT2D eigenvalue weighted by Gasteiger charge is -2.41. The Bertz CT molecular complexity index is 1420. The van der Waals surface area contributed by atoms with Crippen molar-refractivity contribution in [3.8, 4) is 5.82 Å². The van der Waals surface area contributed by atoms with Crippen LogP contribution in [0.5, 0.6) is 0 Å². The molecule has 0 spiro atoms. The summed E-state index contributed by atoms with van der Waals surface area (Å²) >= 11 is 0. The molecule has 1 aliphatic carbocycles. The number of amides is 1. The van der Waals surface area contributed by atoms with Crippen LogP contribution in [0.15, 0.2) is 24.4 Å². The summed E-state index contributed by atoms with van der Waals surface area (Å²) in [4.78, 5) is 24.6. The number of hydrogen-bond acceptors (Lipinski definition) is 7. The molecule has 3 unspecified atom stereocenters. The van der Waals surface area contributed by atoms with Crippen LogP contribution in [0.2, 0.25) is 0 Å². The topological polar surface area (TPSA) is 106 Å². The van der Waals surface area contributed by atoms with Gasteiger partial charge in [-0.05, 0) is 68.7 Å². The molecule has 3 aliphatic heterocycles. The van der Waals surface area contributed by atoms with Crippen molar-refractivity contribution in [1.82, 2.24) is 24.6 Å². The van der Waals surface area contributed by atoms with Crippen molar-refractivity contribution in [3.63, 3.8) is 0 Å². The van der Waals surface area contributed by atoms with Gasteiger partial charge in [0.15, 0.2) is 12.1 Å². The molecule has 4 aliphatic rings. The fourth-order valence-electron chi connectivity index (χ4n) is 6.19. The molecule has 1 aromatic carbocycles. The number of rotatable bonds is 6. The molecular weight excluding hydrogens is 515 g/mol. The van der Waals surface area contributed by atoms with Crippen LogP contribution in [-0.2, 0) is 9.47 Å². The Morgan fingerprint density at radius 3 is 2.62 bits per heavy atom. The van der Waals surface area contributed by atoms with Crippen molar-refractivity contribution in [3.05, 3.63) is 41.3 Å². The summed E-state index contributed by atoms with van der Waals surface area (Å²) in [6.07, 6.45) is 5.34. The molecule has 2 aromatic heterocycles. The van der Waals surface area contributed by atoms with Gasteiger partial charge in [0, 0.05) is 49.5 Å². The highest BCUT2D eigenvalue weighted by molar-refractivity contribution is 5.82. The molecule has 11 heteroatoms. The summed E-state index contributed by atoms with van der Waals surface area (Å²) in [5.41, 5.74) is 2.74. The summed E-state index contributed by atoms with van der Waals surface area (Å²) in [5.74, 6) is 2.42. The Morgan fingerprint density at radius 1 is 1.07 bits per heavy atom. The van der Waals surface area contributed by atoms with E-state index in [1.165, 1.54) is 0 Å². The Kier molecular flexibility index (Phi) is 6.58. The number of ether oxygens (including phenoxy) is 2. The number of alkyl halides is 1. The molecule has 7 rings (SSSR count). The van der Waals surface area contributed by atoms with Gasteiger partial charge in [-0.1, -0.05) is 0 Å². The van der Waals surface area contributed by atoms with Crippen LogP contribution in [0, 0.1) is 6.92 Å². The molecule has 4 fully saturated rings. The summed E-state index contributed by atoms with van der Waals surface area (Å²) in [6, 6.07) is 6.04. The van der Waals surface area contributed by atoms with Crippen molar-refractivity contribution in [2.24, 2.45) is 0 Å². The lowest BCUT2D eigenvalue weighted by atomic mass is 9.85. The normalized spacial score (nSPS) is 25.8. The maximum Gasteiger partial charge on any atom is 0.407 e. The first kappa shape index (κ1) is 25.6. The lowest BCUT2D eigenvalue weighted by molar-refractivity contribution is -0.191. The molecule has 0 bridgehead atoms. The van der Waals surface area contributed by atoms with E-state index in [0.717, 1.165) is 90.4 Å². The van der Waals surface area contributed by atoms with Crippen molar-refractivity contribution in [2.75, 3.05) is 37.7 Å². The predicted octanol–water partition coefficient (Wildman–Crippen LogP) is 4.54. The number of carboxylic acid groups (broad SMARTS) is 1. The van der Waals surface area contributed by atoms with Crippen molar-refractivity contribution >= 4 is 22.8 Å². The summed E-state index contributed by atoms with van der Waals surface area (Å²) < 4.78 is 28.9. The van der Waals surface area contributed by atoms with Gasteiger partial charge >= 0.3 is 6.09 Å². The first-order valence-electron chi connectivity index (χ1n) is 14.4. The zero-order chi connectivity index (χ0) is 27.4. The van der Waals surface area contributed by atoms with Crippen LogP contribution in [-0.4, -0.2) is 87.2 Å². The monoisotopic (exact) mass is 550 g/mol. The fourth-order valence-corrected chi connectivity index (χ4v) is 6.19. The smallest absolute Gasteiger partial charge is 0.407 e. The van der Waals surface area contributed by atoms with E-state index >= 15 is 4.39 Å². The van der Waals surface area contributed by atoms with Crippen LogP contribution in [0.1, 0.15) is 67.3 Å². The van der Waals surface area contributed by atoms with E-state index in [2.05, 4.69) is 4.90 Å². The second-order valence-corrected chi connectivity index (χ2v) is 11.6. The van der Waals surface area contributed by atoms with Crippen LogP contribution >= 0.6 is 0 Å². The molecule has 212 valence electrons. The van der Waals surface area contributed by atoms with E-state index in [0.29, 0.717) is 24.7 Å². The highest BCUT2D eigenvalue weighted by Crippen LogP contribution is 2.40. The minimum Gasteiger partial charge on any atom is -0.465 e. The van der Waals surface area contributed by atoms with Crippen molar-refractivity contribution < 1.29 is 23.8 Å². The molecule has 3 atom stereocenters. The molecule has 10 nitrogen and oxygen atoms in total. The SMILES string of the molecule is Cc1cc2cnn(-c3cc(N4CC(OC5CCCCO5)C4)nc(C4CC4)n3)c2cc1C1CCN(C(=O)O)CC1F. The Labute approximate surface area is 232 Å². The van der Waals surface area contributed by atoms with Gasteiger partial charge in [-0.15, -0.1) is 0 Å². The maximum absolute atomic E-state index is 15.2. The summed E-state index contributed by atoms with van der Waals surface area (Å²) in [6.45, 7) is 4.49. The van der Waals surface area contributed by atoms with E-state index in [-0.39, 0.29) is 24.9 Å². The highest BCUT2D eigenvalue weighted by atomic mass is 19.1. The largest absolute Gasteiger partial charge is 0.465 e. The molecule has 40 heavy (non-hydrogen) atoms. The minimum atomic E-state index is -1.26. The van der Waals surface area contributed by atoms with Gasteiger partial charge in [0.1, 0.15) is 17.8 Å². The third-order valence-corrected chi connectivity index (χ3v) is 8.70. The first-order chi connectivity index (χ1) is 19.4. The Balaban J connectivity index is 1.16. The Hall–Kier alpha value is -3.31. The number of nitrogens with zero attached hydrogens (tertiary/aromatic N) is 6. The molecule has 1 saturated carbocycles. The lowest BCUT2D eigenvalue weighted by Crippen LogP contribution is -2.54. The standard InChI is InChI=1S/C29H35FN6O4/c1-17-10-19-13-31-36(24(19)11-22(17)21-7-8-34(29(37)38)16-23(21)30)26-12-25(32-28(33-26)18-5-6-18)35-14-20(15-35)40-27-4-2-3-9-39-27/h10-13,18,20-21,23,27H,2-9,14-16H2,1H3,(H,37,38). The average molecular weight is 551 g/mol. The number of anilines is 1. The third-order valence-electron chi connectivity index (χ3n) is 8.70. The van der Waals surface area contributed by atoms with Crippen molar-refractivity contribution in [1.29, 1.82) is 0 Å². The quantitative estimate of drug-likeness (QED) is 0.477. The molecular formula is C29H35FN6O4. The van der Waals surface area contributed by atoms with Gasteiger partial charge in [-0.2, -0.15) is 5.10 Å². The fraction of sp³-hybridized carbons (Fsp3) is 0.586. The summed E-state index contributed by atoms with van der Waals surface area (Å²) in [7, 11) is 0. The van der Waals surface area contributed by atoms with Gasteiger partial charge in [-0.25, -0.2) is 23.8 Å². The van der Waals surface area contributed by atoms with Gasteiger partial charge in [0.25, 0.3) is 0 Å². The van der Waals surface area contributed by atoms with E-state index < -0.39 is 12.3 Å². The number of carbonyl (C=O) groups is 1. The van der Waals surface area contributed by atoms with E-state index in [4.69, 9.17) is 24.5 Å². The van der Waals surface area contributed by atoms with Gasteiger partial charge in [0.05, 0.1) is 24.4 Å². The van der Waals surface area contributed by atoms with Crippen LogP contribution in [0.25, 0.3) is 16.7 Å². The second kappa shape index (κ2) is 10.3. The van der Waals surface area contributed by atoms with Crippen LogP contribution in [0.3, 0.4) is 0 Å². The van der Waals surface area contributed by atoms with E-state index in [1.807, 2.05) is 36.0 Å². The minimum absolute atomic E-state index is 0.0998. The van der Waals surface area contributed by atoms with Gasteiger partial charge in [0.2, 0.25) is 0 Å².